The third-order valence-electron chi connectivity index (χ3n) is 3.93. The molecule has 1 fully saturated rings. The van der Waals surface area contributed by atoms with Crippen LogP contribution in [-0.4, -0.2) is 26.3 Å². The molecule has 0 amide bonds. The fraction of sp³-hybridized carbons (Fsp3) is 0.571. The summed E-state index contributed by atoms with van der Waals surface area (Å²) in [6, 6.07) is 9.02. The van der Waals surface area contributed by atoms with Crippen molar-refractivity contribution in [1.82, 2.24) is 5.32 Å². The lowest BCUT2D eigenvalue weighted by Crippen LogP contribution is -2.48. The third-order valence-corrected chi connectivity index (χ3v) is 3.93. The van der Waals surface area contributed by atoms with Gasteiger partial charge < -0.3 is 14.8 Å². The lowest BCUT2D eigenvalue weighted by Gasteiger charge is -2.44. The molecule has 3 heteroatoms. The van der Waals surface area contributed by atoms with Crippen LogP contribution >= 0.6 is 0 Å². The Labute approximate surface area is 102 Å². The Bertz CT molecular complexity index is 407. The highest BCUT2D eigenvalue weighted by Gasteiger charge is 2.42. The molecule has 2 aliphatic rings. The van der Waals surface area contributed by atoms with Crippen LogP contribution in [0.25, 0.3) is 0 Å². The first-order valence-corrected chi connectivity index (χ1v) is 6.31. The molecule has 0 bridgehead atoms. The quantitative estimate of drug-likeness (QED) is 0.802. The molecule has 0 saturated carbocycles. The number of ether oxygens (including phenoxy) is 2. The van der Waals surface area contributed by atoms with Crippen molar-refractivity contribution in [3.05, 3.63) is 35.4 Å². The van der Waals surface area contributed by atoms with Crippen LogP contribution < -0.4 is 5.32 Å². The summed E-state index contributed by atoms with van der Waals surface area (Å²) in [6.07, 6.45) is 2.08. The van der Waals surface area contributed by atoms with Gasteiger partial charge in [-0.3, -0.25) is 0 Å². The van der Waals surface area contributed by atoms with Crippen LogP contribution in [0.4, 0.5) is 0 Å². The Morgan fingerprint density at radius 1 is 1.35 bits per heavy atom. The second kappa shape index (κ2) is 4.41. The molecule has 92 valence electrons. The van der Waals surface area contributed by atoms with Gasteiger partial charge in [-0.2, -0.15) is 0 Å². The van der Waals surface area contributed by atoms with Crippen LogP contribution in [0.1, 0.15) is 24.0 Å². The Balaban J connectivity index is 1.97. The zero-order valence-corrected chi connectivity index (χ0v) is 10.2. The van der Waals surface area contributed by atoms with Crippen molar-refractivity contribution in [3.8, 4) is 0 Å². The van der Waals surface area contributed by atoms with Gasteiger partial charge in [0.2, 0.25) is 0 Å². The van der Waals surface area contributed by atoms with Crippen molar-refractivity contribution in [2.24, 2.45) is 0 Å². The van der Waals surface area contributed by atoms with E-state index < -0.39 is 0 Å². The van der Waals surface area contributed by atoms with Crippen molar-refractivity contribution in [2.75, 3.05) is 20.3 Å². The first-order chi connectivity index (χ1) is 8.34. The Hall–Kier alpha value is -0.900. The van der Waals surface area contributed by atoms with Crippen molar-refractivity contribution < 1.29 is 9.47 Å². The van der Waals surface area contributed by atoms with E-state index in [1.165, 1.54) is 11.1 Å². The fourth-order valence-electron chi connectivity index (χ4n) is 2.98. The minimum atomic E-state index is -0.221. The maximum Gasteiger partial charge on any atom is 0.118 e. The van der Waals surface area contributed by atoms with Crippen molar-refractivity contribution >= 4 is 0 Å². The smallest absolute Gasteiger partial charge is 0.118 e. The molecule has 1 spiro atoms. The SMILES string of the molecule is CNC1CCOC2(COCc3ccccc32)C1. The van der Waals surface area contributed by atoms with Gasteiger partial charge in [-0.1, -0.05) is 24.3 Å². The number of fused-ring (bicyclic) bond motifs is 2. The van der Waals surface area contributed by atoms with E-state index in [1.54, 1.807) is 0 Å². The molecule has 1 saturated heterocycles. The first-order valence-electron chi connectivity index (χ1n) is 6.31. The molecule has 1 aromatic rings. The van der Waals surface area contributed by atoms with Gasteiger partial charge in [0, 0.05) is 12.6 Å². The molecule has 2 unspecified atom stereocenters. The van der Waals surface area contributed by atoms with E-state index in [0.717, 1.165) is 19.4 Å². The van der Waals surface area contributed by atoms with Crippen LogP contribution in [0.5, 0.6) is 0 Å². The monoisotopic (exact) mass is 233 g/mol. The largest absolute Gasteiger partial charge is 0.373 e. The summed E-state index contributed by atoms with van der Waals surface area (Å²) in [5, 5.41) is 3.37. The van der Waals surface area contributed by atoms with Gasteiger partial charge in [0.05, 0.1) is 13.2 Å². The van der Waals surface area contributed by atoms with E-state index in [4.69, 9.17) is 9.47 Å². The molecule has 2 heterocycles. The van der Waals surface area contributed by atoms with Crippen LogP contribution in [0, 0.1) is 0 Å². The predicted molar refractivity (Wildman–Crippen MR) is 65.8 cm³/mol. The Morgan fingerprint density at radius 3 is 3.12 bits per heavy atom. The number of rotatable bonds is 1. The van der Waals surface area contributed by atoms with Gasteiger partial charge in [0.15, 0.2) is 0 Å². The highest BCUT2D eigenvalue weighted by atomic mass is 16.5. The second-order valence-electron chi connectivity index (χ2n) is 4.97. The van der Waals surface area contributed by atoms with Crippen molar-refractivity contribution in [2.45, 2.75) is 31.1 Å². The third kappa shape index (κ3) is 1.88. The van der Waals surface area contributed by atoms with E-state index >= 15 is 0 Å². The fourth-order valence-corrected chi connectivity index (χ4v) is 2.98. The second-order valence-corrected chi connectivity index (χ2v) is 4.97. The van der Waals surface area contributed by atoms with Gasteiger partial charge in [0.1, 0.15) is 5.60 Å². The van der Waals surface area contributed by atoms with E-state index in [9.17, 15) is 0 Å². The normalized spacial score (nSPS) is 32.4. The topological polar surface area (TPSA) is 30.5 Å². The van der Waals surface area contributed by atoms with E-state index in [1.807, 2.05) is 7.05 Å². The molecule has 0 aliphatic carbocycles. The van der Waals surface area contributed by atoms with Crippen LogP contribution in [0.2, 0.25) is 0 Å². The standard InChI is InChI=1S/C14H19NO2/c1-15-12-6-7-17-14(8-12)10-16-9-11-4-2-3-5-13(11)14/h2-5,12,15H,6-10H2,1H3. The molecule has 1 aromatic carbocycles. The molecule has 3 nitrogen and oxygen atoms in total. The predicted octanol–water partition coefficient (Wildman–Crippen LogP) is 1.81. The lowest BCUT2D eigenvalue weighted by atomic mass is 9.81. The average Bonchev–Trinajstić information content (AvgIpc) is 2.40. The molecule has 2 aliphatic heterocycles. The lowest BCUT2D eigenvalue weighted by molar-refractivity contribution is -0.149. The molecular formula is C14H19NO2. The molecule has 0 radical (unpaired) electrons. The van der Waals surface area contributed by atoms with Crippen molar-refractivity contribution in [3.63, 3.8) is 0 Å². The molecular weight excluding hydrogens is 214 g/mol. The number of benzene rings is 1. The van der Waals surface area contributed by atoms with Gasteiger partial charge >= 0.3 is 0 Å². The Morgan fingerprint density at radius 2 is 2.24 bits per heavy atom. The zero-order valence-electron chi connectivity index (χ0n) is 10.2. The molecule has 1 N–H and O–H groups in total. The molecule has 17 heavy (non-hydrogen) atoms. The van der Waals surface area contributed by atoms with Gasteiger partial charge in [-0.05, 0) is 31.0 Å². The van der Waals surface area contributed by atoms with Crippen LogP contribution in [-0.2, 0) is 21.7 Å². The van der Waals surface area contributed by atoms with Gasteiger partial charge in [-0.25, -0.2) is 0 Å². The Kier molecular flexibility index (Phi) is 2.90. The van der Waals surface area contributed by atoms with Crippen LogP contribution in [0.3, 0.4) is 0 Å². The summed E-state index contributed by atoms with van der Waals surface area (Å²) in [7, 11) is 2.03. The number of hydrogen-bond donors (Lipinski definition) is 1. The summed E-state index contributed by atoms with van der Waals surface area (Å²) in [4.78, 5) is 0. The minimum Gasteiger partial charge on any atom is -0.373 e. The molecule has 2 atom stereocenters. The van der Waals surface area contributed by atoms with E-state index in [2.05, 4.69) is 29.6 Å². The summed E-state index contributed by atoms with van der Waals surface area (Å²) >= 11 is 0. The highest BCUT2D eigenvalue weighted by Crippen LogP contribution is 2.40. The van der Waals surface area contributed by atoms with E-state index in [-0.39, 0.29) is 5.60 Å². The summed E-state index contributed by atoms with van der Waals surface area (Å²) in [5.41, 5.74) is 2.38. The summed E-state index contributed by atoms with van der Waals surface area (Å²) in [6.45, 7) is 2.21. The zero-order chi connectivity index (χ0) is 11.7. The van der Waals surface area contributed by atoms with E-state index in [0.29, 0.717) is 19.3 Å². The summed E-state index contributed by atoms with van der Waals surface area (Å²) in [5.74, 6) is 0. The number of hydrogen-bond acceptors (Lipinski definition) is 3. The van der Waals surface area contributed by atoms with Gasteiger partial charge in [0.25, 0.3) is 0 Å². The molecule has 0 aromatic heterocycles. The van der Waals surface area contributed by atoms with Crippen molar-refractivity contribution in [1.29, 1.82) is 0 Å². The molecule has 3 rings (SSSR count). The van der Waals surface area contributed by atoms with Gasteiger partial charge in [-0.15, -0.1) is 0 Å². The average molecular weight is 233 g/mol. The highest BCUT2D eigenvalue weighted by molar-refractivity contribution is 5.34. The first kappa shape index (κ1) is 11.2. The number of nitrogens with one attached hydrogen (secondary N) is 1. The summed E-state index contributed by atoms with van der Waals surface area (Å²) < 4.78 is 11.8. The van der Waals surface area contributed by atoms with Crippen LogP contribution in [0.15, 0.2) is 24.3 Å². The minimum absolute atomic E-state index is 0.221. The maximum absolute atomic E-state index is 6.10. The maximum atomic E-state index is 6.10.